The number of aromatic nitrogens is 3. The summed E-state index contributed by atoms with van der Waals surface area (Å²) in [6.07, 6.45) is 4.74. The van der Waals surface area contributed by atoms with Gasteiger partial charge in [0.15, 0.2) is 0 Å². The van der Waals surface area contributed by atoms with Crippen LogP contribution >= 0.6 is 0 Å². The zero-order valence-electron chi connectivity index (χ0n) is 15.5. The van der Waals surface area contributed by atoms with Crippen LogP contribution in [0, 0.1) is 0 Å². The highest BCUT2D eigenvalue weighted by atomic mass is 16.5. The van der Waals surface area contributed by atoms with Crippen molar-refractivity contribution in [3.63, 3.8) is 0 Å². The van der Waals surface area contributed by atoms with Gasteiger partial charge in [-0.05, 0) is 50.8 Å². The fourth-order valence-corrected chi connectivity index (χ4v) is 3.11. The number of hydrogen-bond donors (Lipinski definition) is 1. The lowest BCUT2D eigenvalue weighted by atomic mass is 10.1. The molecule has 0 unspecified atom stereocenters. The van der Waals surface area contributed by atoms with Gasteiger partial charge in [-0.15, -0.1) is 0 Å². The van der Waals surface area contributed by atoms with E-state index in [2.05, 4.69) is 14.9 Å². The Labute approximate surface area is 157 Å². The first-order valence-corrected chi connectivity index (χ1v) is 8.95. The normalized spacial score (nSPS) is 11.5. The molecule has 0 saturated heterocycles. The Kier molecular flexibility index (Phi) is 4.64. The third-order valence-corrected chi connectivity index (χ3v) is 4.47. The number of hydrogen-bond acceptors (Lipinski definition) is 5. The van der Waals surface area contributed by atoms with Gasteiger partial charge in [0.05, 0.1) is 12.1 Å². The molecule has 138 valence electrons. The van der Waals surface area contributed by atoms with E-state index in [1.165, 1.54) is 0 Å². The Balaban J connectivity index is 1.58. The summed E-state index contributed by atoms with van der Waals surface area (Å²) in [6.45, 7) is 1.64. The van der Waals surface area contributed by atoms with Crippen molar-refractivity contribution >= 4 is 16.7 Å². The van der Waals surface area contributed by atoms with E-state index < -0.39 is 0 Å². The molecule has 27 heavy (non-hydrogen) atoms. The van der Waals surface area contributed by atoms with Crippen molar-refractivity contribution in [3.05, 3.63) is 54.9 Å². The first-order chi connectivity index (χ1) is 13.1. The molecule has 0 atom stereocenters. The van der Waals surface area contributed by atoms with Crippen LogP contribution < -0.4 is 4.74 Å². The van der Waals surface area contributed by atoms with Crippen molar-refractivity contribution in [1.82, 2.24) is 19.3 Å². The lowest BCUT2D eigenvalue weighted by Crippen LogP contribution is -2.15. The highest BCUT2D eigenvalue weighted by Crippen LogP contribution is 2.28. The average molecular weight is 362 g/mol. The van der Waals surface area contributed by atoms with Gasteiger partial charge in [0.25, 0.3) is 0 Å². The monoisotopic (exact) mass is 362 g/mol. The SMILES string of the molecule is CN(C)CCCOc1ccc(-c2ccc3nc4cccc(O)c4n3c2)cn1. The molecular formula is C21H22N4O2. The third-order valence-electron chi connectivity index (χ3n) is 4.47. The van der Waals surface area contributed by atoms with Crippen molar-refractivity contribution in [2.45, 2.75) is 6.42 Å². The highest BCUT2D eigenvalue weighted by Gasteiger charge is 2.09. The number of para-hydroxylation sites is 1. The summed E-state index contributed by atoms with van der Waals surface area (Å²) in [6, 6.07) is 13.2. The van der Waals surface area contributed by atoms with E-state index in [1.807, 2.05) is 55.0 Å². The molecule has 0 spiro atoms. The predicted octanol–water partition coefficient (Wildman–Crippen LogP) is 3.59. The lowest BCUT2D eigenvalue weighted by molar-refractivity contribution is 0.273. The molecular weight excluding hydrogens is 340 g/mol. The number of fused-ring (bicyclic) bond motifs is 3. The van der Waals surface area contributed by atoms with E-state index >= 15 is 0 Å². The molecule has 3 heterocycles. The summed E-state index contributed by atoms with van der Waals surface area (Å²) in [7, 11) is 4.10. The smallest absolute Gasteiger partial charge is 0.213 e. The fraction of sp³-hybridized carbons (Fsp3) is 0.238. The van der Waals surface area contributed by atoms with Gasteiger partial charge in [-0.3, -0.25) is 4.40 Å². The fourth-order valence-electron chi connectivity index (χ4n) is 3.11. The van der Waals surface area contributed by atoms with Crippen molar-refractivity contribution in [2.75, 3.05) is 27.2 Å². The lowest BCUT2D eigenvalue weighted by Gasteiger charge is -2.10. The van der Waals surface area contributed by atoms with Crippen molar-refractivity contribution in [3.8, 4) is 22.8 Å². The van der Waals surface area contributed by atoms with E-state index in [-0.39, 0.29) is 5.75 Å². The minimum absolute atomic E-state index is 0.219. The van der Waals surface area contributed by atoms with Crippen LogP contribution in [0.2, 0.25) is 0 Å². The molecule has 0 fully saturated rings. The standard InChI is InChI=1S/C21H22N4O2/c1-24(2)11-4-12-27-20-10-8-15(13-22-20)16-7-9-19-23-17-5-3-6-18(26)21(17)25(19)14-16/h3,5-10,13-14,26H,4,11-12H2,1-2H3. The van der Waals surface area contributed by atoms with Gasteiger partial charge in [-0.25, -0.2) is 9.97 Å². The molecule has 6 nitrogen and oxygen atoms in total. The number of aromatic hydroxyl groups is 1. The van der Waals surface area contributed by atoms with Gasteiger partial charge in [0.1, 0.15) is 16.9 Å². The molecule has 0 saturated carbocycles. The first kappa shape index (κ1) is 17.3. The molecule has 0 bridgehead atoms. The summed E-state index contributed by atoms with van der Waals surface area (Å²) < 4.78 is 7.60. The zero-order chi connectivity index (χ0) is 18.8. The Morgan fingerprint density at radius 2 is 1.93 bits per heavy atom. The van der Waals surface area contributed by atoms with Gasteiger partial charge in [-0.2, -0.15) is 0 Å². The molecule has 6 heteroatoms. The quantitative estimate of drug-likeness (QED) is 0.531. The van der Waals surface area contributed by atoms with E-state index in [0.717, 1.165) is 35.3 Å². The summed E-state index contributed by atoms with van der Waals surface area (Å²) in [5.41, 5.74) is 4.26. The Hall–Kier alpha value is -3.12. The van der Waals surface area contributed by atoms with E-state index in [9.17, 15) is 5.11 Å². The molecule has 0 aliphatic rings. The predicted molar refractivity (Wildman–Crippen MR) is 106 cm³/mol. The average Bonchev–Trinajstić information content (AvgIpc) is 3.04. The van der Waals surface area contributed by atoms with Crippen LogP contribution in [-0.4, -0.2) is 51.6 Å². The minimum atomic E-state index is 0.219. The number of phenols is 1. The maximum atomic E-state index is 10.2. The van der Waals surface area contributed by atoms with Gasteiger partial charge in [-0.1, -0.05) is 6.07 Å². The van der Waals surface area contributed by atoms with Crippen LogP contribution in [0.4, 0.5) is 0 Å². The van der Waals surface area contributed by atoms with Crippen molar-refractivity contribution < 1.29 is 9.84 Å². The van der Waals surface area contributed by atoms with Gasteiger partial charge < -0.3 is 14.7 Å². The van der Waals surface area contributed by atoms with Crippen LogP contribution in [0.1, 0.15) is 6.42 Å². The number of rotatable bonds is 6. The molecule has 4 rings (SSSR count). The number of ether oxygens (including phenoxy) is 1. The van der Waals surface area contributed by atoms with Crippen molar-refractivity contribution in [1.29, 1.82) is 0 Å². The van der Waals surface area contributed by atoms with Gasteiger partial charge >= 0.3 is 0 Å². The molecule has 0 aliphatic heterocycles. The maximum Gasteiger partial charge on any atom is 0.213 e. The Bertz CT molecular complexity index is 1070. The molecule has 0 amide bonds. The topological polar surface area (TPSA) is 62.9 Å². The van der Waals surface area contributed by atoms with Gasteiger partial charge in [0.2, 0.25) is 5.88 Å². The summed E-state index contributed by atoms with van der Waals surface area (Å²) in [4.78, 5) is 11.1. The minimum Gasteiger partial charge on any atom is -0.506 e. The van der Waals surface area contributed by atoms with Crippen LogP contribution in [0.15, 0.2) is 54.9 Å². The summed E-state index contributed by atoms with van der Waals surface area (Å²) in [5, 5.41) is 10.2. The molecule has 4 aromatic rings. The van der Waals surface area contributed by atoms with Gasteiger partial charge in [0, 0.05) is 36.1 Å². The second kappa shape index (κ2) is 7.25. The molecule has 3 aromatic heterocycles. The number of benzene rings is 1. The van der Waals surface area contributed by atoms with Crippen LogP contribution in [0.25, 0.3) is 27.8 Å². The molecule has 0 aliphatic carbocycles. The number of imidazole rings is 1. The number of phenolic OH excluding ortho intramolecular Hbond substituents is 1. The van der Waals surface area contributed by atoms with Crippen LogP contribution in [-0.2, 0) is 0 Å². The van der Waals surface area contributed by atoms with Crippen LogP contribution in [0.3, 0.4) is 0 Å². The Morgan fingerprint density at radius 3 is 2.70 bits per heavy atom. The second-order valence-corrected chi connectivity index (χ2v) is 6.79. The summed E-state index contributed by atoms with van der Waals surface area (Å²) >= 11 is 0. The van der Waals surface area contributed by atoms with Crippen molar-refractivity contribution in [2.24, 2.45) is 0 Å². The van der Waals surface area contributed by atoms with E-state index in [0.29, 0.717) is 18.0 Å². The Morgan fingerprint density at radius 1 is 1.07 bits per heavy atom. The molecule has 0 radical (unpaired) electrons. The number of pyridine rings is 2. The van der Waals surface area contributed by atoms with Crippen LogP contribution in [0.5, 0.6) is 11.6 Å². The highest BCUT2D eigenvalue weighted by molar-refractivity contribution is 5.86. The maximum absolute atomic E-state index is 10.2. The first-order valence-electron chi connectivity index (χ1n) is 8.95. The van der Waals surface area contributed by atoms with E-state index in [4.69, 9.17) is 4.74 Å². The number of nitrogens with zero attached hydrogens (tertiary/aromatic N) is 4. The zero-order valence-corrected chi connectivity index (χ0v) is 15.5. The second-order valence-electron chi connectivity index (χ2n) is 6.79. The molecule has 1 aromatic carbocycles. The van der Waals surface area contributed by atoms with E-state index in [1.54, 1.807) is 18.3 Å². The largest absolute Gasteiger partial charge is 0.506 e. The summed E-state index contributed by atoms with van der Waals surface area (Å²) in [5.74, 6) is 0.848. The third kappa shape index (κ3) is 3.57. The molecule has 1 N–H and O–H groups in total.